The summed E-state index contributed by atoms with van der Waals surface area (Å²) in [6.07, 6.45) is 1.58. The molecule has 0 atom stereocenters. The third-order valence-electron chi connectivity index (χ3n) is 4.56. The van der Waals surface area contributed by atoms with E-state index in [4.69, 9.17) is 5.11 Å². The van der Waals surface area contributed by atoms with Gasteiger partial charge in [-0.2, -0.15) is 0 Å². The smallest absolute Gasteiger partial charge is 0.317 e. The first-order chi connectivity index (χ1) is 12.4. The maximum absolute atomic E-state index is 12.2. The van der Waals surface area contributed by atoms with E-state index < -0.39 is 10.9 Å². The van der Waals surface area contributed by atoms with Gasteiger partial charge in [0.15, 0.2) is 0 Å². The molecule has 1 amide bonds. The van der Waals surface area contributed by atoms with Crippen molar-refractivity contribution in [1.82, 2.24) is 9.80 Å². The molecule has 0 bridgehead atoms. The number of aliphatic carboxylic acids is 1. The topological polar surface area (TPSA) is 116 Å². The number of likely N-dealkylation sites (N-methyl/N-ethyl adjacent to an activating group) is 1. The van der Waals surface area contributed by atoms with Gasteiger partial charge in [0.25, 0.3) is 5.69 Å². The van der Waals surface area contributed by atoms with Crippen molar-refractivity contribution in [3.05, 3.63) is 34.4 Å². The van der Waals surface area contributed by atoms with Gasteiger partial charge in [-0.25, -0.2) is 0 Å². The number of nitro groups is 1. The molecule has 0 aromatic heterocycles. The van der Waals surface area contributed by atoms with Gasteiger partial charge in [0.05, 0.1) is 18.0 Å². The van der Waals surface area contributed by atoms with Gasteiger partial charge in [0.1, 0.15) is 5.69 Å². The number of rotatable bonds is 8. The van der Waals surface area contributed by atoms with Crippen LogP contribution in [0.15, 0.2) is 24.3 Å². The Kier molecular flexibility index (Phi) is 7.05. The third kappa shape index (κ3) is 5.50. The number of nitrogens with zero attached hydrogens (tertiary/aromatic N) is 3. The molecule has 0 radical (unpaired) electrons. The van der Waals surface area contributed by atoms with Crippen LogP contribution in [0.4, 0.5) is 11.4 Å². The van der Waals surface area contributed by atoms with Crippen LogP contribution in [-0.4, -0.2) is 70.5 Å². The fourth-order valence-corrected chi connectivity index (χ4v) is 3.25. The molecule has 0 unspecified atom stereocenters. The average Bonchev–Trinajstić information content (AvgIpc) is 2.60. The van der Waals surface area contributed by atoms with Gasteiger partial charge in [-0.3, -0.25) is 29.5 Å². The monoisotopic (exact) mass is 364 g/mol. The van der Waals surface area contributed by atoms with E-state index in [1.54, 1.807) is 12.1 Å². The quantitative estimate of drug-likeness (QED) is 0.529. The number of carboxylic acids is 1. The van der Waals surface area contributed by atoms with Crippen LogP contribution in [0.1, 0.15) is 19.8 Å². The molecule has 1 aliphatic rings. The molecule has 9 nitrogen and oxygen atoms in total. The van der Waals surface area contributed by atoms with Crippen LogP contribution in [0.25, 0.3) is 0 Å². The van der Waals surface area contributed by atoms with Gasteiger partial charge < -0.3 is 10.4 Å². The maximum Gasteiger partial charge on any atom is 0.317 e. The molecule has 1 aromatic carbocycles. The van der Waals surface area contributed by atoms with Crippen molar-refractivity contribution in [2.24, 2.45) is 0 Å². The number of benzene rings is 1. The SMILES string of the molecule is CCN(CC(=O)O)C1CCN(CC(=O)Nc2ccccc2[N+](=O)[O-])CC1. The van der Waals surface area contributed by atoms with Crippen LogP contribution in [-0.2, 0) is 9.59 Å². The number of para-hydroxylation sites is 2. The largest absolute Gasteiger partial charge is 0.480 e. The molecule has 142 valence electrons. The van der Waals surface area contributed by atoms with Crippen LogP contribution >= 0.6 is 0 Å². The van der Waals surface area contributed by atoms with Crippen LogP contribution < -0.4 is 5.32 Å². The average molecular weight is 364 g/mol. The number of carbonyl (C=O) groups excluding carboxylic acids is 1. The summed E-state index contributed by atoms with van der Waals surface area (Å²) in [6.45, 7) is 4.17. The molecule has 26 heavy (non-hydrogen) atoms. The Bertz CT molecular complexity index is 658. The molecule has 0 aliphatic carbocycles. The number of hydrogen-bond donors (Lipinski definition) is 2. The van der Waals surface area contributed by atoms with Crippen molar-refractivity contribution in [3.8, 4) is 0 Å². The number of carboxylic acid groups (broad SMARTS) is 1. The number of hydrogen-bond acceptors (Lipinski definition) is 6. The number of likely N-dealkylation sites (tertiary alicyclic amines) is 1. The summed E-state index contributed by atoms with van der Waals surface area (Å²) in [5, 5.41) is 22.6. The Morgan fingerprint density at radius 2 is 2.00 bits per heavy atom. The zero-order chi connectivity index (χ0) is 19.1. The number of nitro benzene ring substituents is 1. The molecule has 1 aromatic rings. The van der Waals surface area contributed by atoms with Crippen LogP contribution in [0.2, 0.25) is 0 Å². The Hall–Kier alpha value is -2.52. The molecule has 1 heterocycles. The summed E-state index contributed by atoms with van der Waals surface area (Å²) < 4.78 is 0. The minimum atomic E-state index is -0.835. The Balaban J connectivity index is 1.85. The van der Waals surface area contributed by atoms with Gasteiger partial charge >= 0.3 is 5.97 Å². The first kappa shape index (κ1) is 19.8. The predicted octanol–water partition coefficient (Wildman–Crippen LogP) is 1.40. The van der Waals surface area contributed by atoms with E-state index in [2.05, 4.69) is 5.32 Å². The minimum Gasteiger partial charge on any atom is -0.480 e. The van der Waals surface area contributed by atoms with E-state index in [0.717, 1.165) is 12.8 Å². The van der Waals surface area contributed by atoms with Gasteiger partial charge in [0.2, 0.25) is 5.91 Å². The lowest BCUT2D eigenvalue weighted by atomic mass is 10.0. The van der Waals surface area contributed by atoms with E-state index in [0.29, 0.717) is 19.6 Å². The molecule has 9 heteroatoms. The zero-order valence-electron chi connectivity index (χ0n) is 14.8. The van der Waals surface area contributed by atoms with Crippen molar-refractivity contribution in [3.63, 3.8) is 0 Å². The molecule has 2 rings (SSSR count). The minimum absolute atomic E-state index is 0.0271. The standard InChI is InChI=1S/C17H24N4O5/c1-2-20(12-17(23)24)13-7-9-19(10-8-13)11-16(22)18-14-5-3-4-6-15(14)21(25)26/h3-6,13H,2,7-12H2,1H3,(H,18,22)(H,23,24). The lowest BCUT2D eigenvalue weighted by molar-refractivity contribution is -0.383. The molecular weight excluding hydrogens is 340 g/mol. The molecular formula is C17H24N4O5. The Morgan fingerprint density at radius 1 is 1.35 bits per heavy atom. The summed E-state index contributed by atoms with van der Waals surface area (Å²) in [7, 11) is 0. The number of piperidine rings is 1. The highest BCUT2D eigenvalue weighted by Crippen LogP contribution is 2.23. The van der Waals surface area contributed by atoms with Gasteiger partial charge in [-0.05, 0) is 25.5 Å². The first-order valence-electron chi connectivity index (χ1n) is 8.62. The summed E-state index contributed by atoms with van der Waals surface area (Å²) in [6, 6.07) is 6.24. The summed E-state index contributed by atoms with van der Waals surface area (Å²) >= 11 is 0. The lowest BCUT2D eigenvalue weighted by Gasteiger charge is -2.37. The van der Waals surface area contributed by atoms with Crippen molar-refractivity contribution in [2.45, 2.75) is 25.8 Å². The third-order valence-corrected chi connectivity index (χ3v) is 4.56. The van der Waals surface area contributed by atoms with E-state index in [1.807, 2.05) is 16.7 Å². The summed E-state index contributed by atoms with van der Waals surface area (Å²) in [5.74, 6) is -1.13. The van der Waals surface area contributed by atoms with Crippen molar-refractivity contribution >= 4 is 23.3 Å². The molecule has 1 aliphatic heterocycles. The van der Waals surface area contributed by atoms with Crippen molar-refractivity contribution in [1.29, 1.82) is 0 Å². The van der Waals surface area contributed by atoms with Crippen LogP contribution in [0.3, 0.4) is 0 Å². The number of anilines is 1. The number of carbonyl (C=O) groups is 2. The van der Waals surface area contributed by atoms with Crippen molar-refractivity contribution in [2.75, 3.05) is 38.0 Å². The van der Waals surface area contributed by atoms with Gasteiger partial charge in [-0.15, -0.1) is 0 Å². The second-order valence-corrected chi connectivity index (χ2v) is 6.29. The molecule has 1 fully saturated rings. The first-order valence-corrected chi connectivity index (χ1v) is 8.62. The highest BCUT2D eigenvalue weighted by molar-refractivity contribution is 5.94. The second kappa shape index (κ2) is 9.25. The number of nitrogens with one attached hydrogen (secondary N) is 1. The van der Waals surface area contributed by atoms with E-state index in [1.165, 1.54) is 12.1 Å². The molecule has 0 spiro atoms. The van der Waals surface area contributed by atoms with Gasteiger partial charge in [0, 0.05) is 25.2 Å². The van der Waals surface area contributed by atoms with Crippen LogP contribution in [0.5, 0.6) is 0 Å². The predicted molar refractivity (Wildman–Crippen MR) is 96.1 cm³/mol. The summed E-state index contributed by atoms with van der Waals surface area (Å²) in [5.41, 5.74) is 0.0582. The summed E-state index contributed by atoms with van der Waals surface area (Å²) in [4.78, 5) is 37.5. The van der Waals surface area contributed by atoms with E-state index in [-0.39, 0.29) is 36.4 Å². The van der Waals surface area contributed by atoms with Crippen LogP contribution in [0, 0.1) is 10.1 Å². The fraction of sp³-hybridized carbons (Fsp3) is 0.529. The highest BCUT2D eigenvalue weighted by Gasteiger charge is 2.26. The molecule has 2 N–H and O–H groups in total. The molecule has 0 saturated carbocycles. The van der Waals surface area contributed by atoms with Crippen molar-refractivity contribution < 1.29 is 19.6 Å². The van der Waals surface area contributed by atoms with Gasteiger partial charge in [-0.1, -0.05) is 19.1 Å². The van der Waals surface area contributed by atoms with E-state index >= 15 is 0 Å². The fourth-order valence-electron chi connectivity index (χ4n) is 3.25. The normalized spacial score (nSPS) is 15.8. The maximum atomic E-state index is 12.2. The lowest BCUT2D eigenvalue weighted by Crippen LogP contribution is -2.48. The second-order valence-electron chi connectivity index (χ2n) is 6.29. The molecule has 1 saturated heterocycles. The Labute approximate surface area is 151 Å². The number of amides is 1. The van der Waals surface area contributed by atoms with E-state index in [9.17, 15) is 19.7 Å². The Morgan fingerprint density at radius 3 is 2.58 bits per heavy atom. The zero-order valence-corrected chi connectivity index (χ0v) is 14.8. The highest BCUT2D eigenvalue weighted by atomic mass is 16.6.